The number of rotatable bonds is 2. The van der Waals surface area contributed by atoms with Gasteiger partial charge in [-0.3, -0.25) is 4.90 Å². The summed E-state index contributed by atoms with van der Waals surface area (Å²) in [5.74, 6) is 0. The van der Waals surface area contributed by atoms with Gasteiger partial charge in [0.15, 0.2) is 0 Å². The first-order chi connectivity index (χ1) is 7.70. The fourth-order valence-corrected chi connectivity index (χ4v) is 3.34. The molecule has 94 valence electrons. The Morgan fingerprint density at radius 1 is 1.25 bits per heavy atom. The molecule has 3 atom stereocenters. The molecule has 1 saturated heterocycles. The second-order valence-corrected chi connectivity index (χ2v) is 5.54. The van der Waals surface area contributed by atoms with E-state index in [1.54, 1.807) is 0 Å². The van der Waals surface area contributed by atoms with Crippen molar-refractivity contribution < 1.29 is 5.11 Å². The maximum absolute atomic E-state index is 9.67. The van der Waals surface area contributed by atoms with E-state index >= 15 is 0 Å². The van der Waals surface area contributed by atoms with E-state index < -0.39 is 0 Å². The molecule has 0 spiro atoms. The van der Waals surface area contributed by atoms with Gasteiger partial charge < -0.3 is 10.0 Å². The van der Waals surface area contributed by atoms with Crippen molar-refractivity contribution in [3.8, 4) is 0 Å². The predicted molar refractivity (Wildman–Crippen MR) is 66.5 cm³/mol. The molecule has 1 heterocycles. The molecular weight excluding hydrogens is 200 g/mol. The lowest BCUT2D eigenvalue weighted by atomic mass is 10.1. The molecule has 1 aliphatic heterocycles. The average molecular weight is 226 g/mol. The first kappa shape index (κ1) is 12.3. The van der Waals surface area contributed by atoms with Gasteiger partial charge in [-0.15, -0.1) is 0 Å². The van der Waals surface area contributed by atoms with Crippen LogP contribution in [0.25, 0.3) is 0 Å². The number of hydrogen-bond acceptors (Lipinski definition) is 3. The molecule has 2 fully saturated rings. The Kier molecular flexibility index (Phi) is 4.22. The Morgan fingerprint density at radius 2 is 2.06 bits per heavy atom. The van der Waals surface area contributed by atoms with E-state index in [0.717, 1.165) is 12.8 Å². The van der Waals surface area contributed by atoms with Gasteiger partial charge in [0.25, 0.3) is 0 Å². The first-order valence-corrected chi connectivity index (χ1v) is 6.83. The van der Waals surface area contributed by atoms with Crippen molar-refractivity contribution in [3.05, 3.63) is 0 Å². The number of hydrogen-bond donors (Lipinski definition) is 1. The molecule has 16 heavy (non-hydrogen) atoms. The highest BCUT2D eigenvalue weighted by atomic mass is 16.3. The van der Waals surface area contributed by atoms with E-state index in [1.165, 1.54) is 38.9 Å². The zero-order chi connectivity index (χ0) is 11.5. The molecule has 0 radical (unpaired) electrons. The second-order valence-electron chi connectivity index (χ2n) is 5.54. The summed E-state index contributed by atoms with van der Waals surface area (Å²) < 4.78 is 0. The summed E-state index contributed by atoms with van der Waals surface area (Å²) in [7, 11) is 2.23. The van der Waals surface area contributed by atoms with Crippen molar-refractivity contribution in [2.75, 3.05) is 26.7 Å². The molecule has 3 nitrogen and oxygen atoms in total. The molecule has 0 amide bonds. The highest BCUT2D eigenvalue weighted by molar-refractivity contribution is 4.88. The zero-order valence-electron chi connectivity index (χ0n) is 10.7. The lowest BCUT2D eigenvalue weighted by molar-refractivity contribution is 0.112. The van der Waals surface area contributed by atoms with E-state index in [4.69, 9.17) is 0 Å². The third-order valence-corrected chi connectivity index (χ3v) is 4.27. The molecule has 0 aromatic rings. The molecule has 0 aromatic heterocycles. The number of nitrogens with zero attached hydrogens (tertiary/aromatic N) is 2. The topological polar surface area (TPSA) is 26.7 Å². The van der Waals surface area contributed by atoms with Crippen molar-refractivity contribution in [2.24, 2.45) is 0 Å². The lowest BCUT2D eigenvalue weighted by Gasteiger charge is -2.35. The highest BCUT2D eigenvalue weighted by Crippen LogP contribution is 2.27. The van der Waals surface area contributed by atoms with Crippen LogP contribution >= 0.6 is 0 Å². The Balaban J connectivity index is 1.99. The third-order valence-electron chi connectivity index (χ3n) is 4.27. The third kappa shape index (κ3) is 2.76. The summed E-state index contributed by atoms with van der Waals surface area (Å²) in [6, 6.07) is 1.34. The largest absolute Gasteiger partial charge is 0.393 e. The van der Waals surface area contributed by atoms with Crippen LogP contribution in [-0.2, 0) is 0 Å². The van der Waals surface area contributed by atoms with Crippen molar-refractivity contribution in [1.29, 1.82) is 0 Å². The van der Waals surface area contributed by atoms with Crippen molar-refractivity contribution in [3.63, 3.8) is 0 Å². The molecule has 1 aliphatic carbocycles. The van der Waals surface area contributed by atoms with Gasteiger partial charge in [-0.25, -0.2) is 0 Å². The van der Waals surface area contributed by atoms with Gasteiger partial charge in [-0.05, 0) is 52.2 Å². The molecule has 1 saturated carbocycles. The van der Waals surface area contributed by atoms with Crippen molar-refractivity contribution >= 4 is 0 Å². The van der Waals surface area contributed by atoms with Crippen LogP contribution in [0.15, 0.2) is 0 Å². The average Bonchev–Trinajstić information content (AvgIpc) is 2.58. The molecule has 2 rings (SSSR count). The SMILES string of the molecule is CCC1CN(C)CCCN1C1CCC(O)C1. The minimum atomic E-state index is -0.0384. The molecule has 0 bridgehead atoms. The summed E-state index contributed by atoms with van der Waals surface area (Å²) in [5.41, 5.74) is 0. The summed E-state index contributed by atoms with van der Waals surface area (Å²) in [5, 5.41) is 9.67. The fraction of sp³-hybridized carbons (Fsp3) is 1.00. The van der Waals surface area contributed by atoms with Crippen molar-refractivity contribution in [2.45, 2.75) is 57.2 Å². The zero-order valence-corrected chi connectivity index (χ0v) is 10.7. The molecular formula is C13H26N2O. The van der Waals surface area contributed by atoms with Gasteiger partial charge in [-0.1, -0.05) is 6.92 Å². The van der Waals surface area contributed by atoms with E-state index in [-0.39, 0.29) is 6.10 Å². The van der Waals surface area contributed by atoms with E-state index in [0.29, 0.717) is 12.1 Å². The van der Waals surface area contributed by atoms with Crippen LogP contribution in [-0.4, -0.2) is 59.8 Å². The number of aliphatic hydroxyl groups is 1. The van der Waals surface area contributed by atoms with Crippen LogP contribution in [0.3, 0.4) is 0 Å². The van der Waals surface area contributed by atoms with Gasteiger partial charge in [0.05, 0.1) is 6.10 Å². The van der Waals surface area contributed by atoms with Crippen LogP contribution in [0.1, 0.15) is 39.0 Å². The quantitative estimate of drug-likeness (QED) is 0.769. The van der Waals surface area contributed by atoms with E-state index in [2.05, 4.69) is 23.8 Å². The van der Waals surface area contributed by atoms with Gasteiger partial charge in [0.2, 0.25) is 0 Å². The van der Waals surface area contributed by atoms with Crippen LogP contribution in [0.4, 0.5) is 0 Å². The molecule has 0 aromatic carbocycles. The van der Waals surface area contributed by atoms with Gasteiger partial charge in [0.1, 0.15) is 0 Å². The summed E-state index contributed by atoms with van der Waals surface area (Å²) in [6.07, 6.45) is 5.68. The summed E-state index contributed by atoms with van der Waals surface area (Å²) in [6.45, 7) is 5.94. The second kappa shape index (κ2) is 5.48. The standard InChI is InChI=1S/C13H26N2O/c1-3-11-10-14(2)7-4-8-15(11)12-5-6-13(16)9-12/h11-13,16H,3-10H2,1-2H3. The van der Waals surface area contributed by atoms with E-state index in [9.17, 15) is 5.11 Å². The number of aliphatic hydroxyl groups excluding tert-OH is 1. The van der Waals surface area contributed by atoms with Gasteiger partial charge >= 0.3 is 0 Å². The summed E-state index contributed by atoms with van der Waals surface area (Å²) in [4.78, 5) is 5.14. The van der Waals surface area contributed by atoms with Crippen LogP contribution < -0.4 is 0 Å². The highest BCUT2D eigenvalue weighted by Gasteiger charge is 2.32. The molecule has 1 N–H and O–H groups in total. The Labute approximate surface area is 99.4 Å². The smallest absolute Gasteiger partial charge is 0.0555 e. The maximum Gasteiger partial charge on any atom is 0.0555 e. The van der Waals surface area contributed by atoms with Crippen molar-refractivity contribution in [1.82, 2.24) is 9.80 Å². The van der Waals surface area contributed by atoms with Crippen LogP contribution in [0.2, 0.25) is 0 Å². The first-order valence-electron chi connectivity index (χ1n) is 6.83. The van der Waals surface area contributed by atoms with Crippen LogP contribution in [0.5, 0.6) is 0 Å². The van der Waals surface area contributed by atoms with E-state index in [1.807, 2.05) is 0 Å². The fourth-order valence-electron chi connectivity index (χ4n) is 3.34. The van der Waals surface area contributed by atoms with Gasteiger partial charge in [-0.2, -0.15) is 0 Å². The Morgan fingerprint density at radius 3 is 2.69 bits per heavy atom. The minimum Gasteiger partial charge on any atom is -0.393 e. The molecule has 2 aliphatic rings. The molecule has 3 heteroatoms. The summed E-state index contributed by atoms with van der Waals surface area (Å²) >= 11 is 0. The number of likely N-dealkylation sites (N-methyl/N-ethyl adjacent to an activating group) is 1. The lowest BCUT2D eigenvalue weighted by Crippen LogP contribution is -2.45. The van der Waals surface area contributed by atoms with Crippen LogP contribution in [0, 0.1) is 0 Å². The monoisotopic (exact) mass is 226 g/mol. The Bertz CT molecular complexity index is 222. The predicted octanol–water partition coefficient (Wildman–Crippen LogP) is 1.32. The molecule has 3 unspecified atom stereocenters. The minimum absolute atomic E-state index is 0.0384. The normalized spacial score (nSPS) is 38.8. The Hall–Kier alpha value is -0.120. The maximum atomic E-state index is 9.67. The van der Waals surface area contributed by atoms with Gasteiger partial charge in [0, 0.05) is 18.6 Å².